The Kier molecular flexibility index (Phi) is 5.23. The van der Waals surface area contributed by atoms with Gasteiger partial charge in [-0.05, 0) is 44.9 Å². The van der Waals surface area contributed by atoms with Crippen molar-refractivity contribution >= 4 is 38.5 Å². The lowest BCUT2D eigenvalue weighted by molar-refractivity contribution is -0.116. The predicted octanol–water partition coefficient (Wildman–Crippen LogP) is 3.84. The Hall–Kier alpha value is -2.54. The summed E-state index contributed by atoms with van der Waals surface area (Å²) >= 11 is 1.50. The van der Waals surface area contributed by atoms with Gasteiger partial charge in [-0.3, -0.25) is 4.79 Å². The third-order valence-electron chi connectivity index (χ3n) is 3.71. The topological polar surface area (TPSA) is 79.8 Å². The Morgan fingerprint density at radius 2 is 1.88 bits per heavy atom. The summed E-state index contributed by atoms with van der Waals surface area (Å²) in [6, 6.07) is 7.97. The van der Waals surface area contributed by atoms with Crippen LogP contribution in [0, 0.1) is 20.8 Å². The number of aryl methyl sites for hydroxylation is 3. The van der Waals surface area contributed by atoms with E-state index in [0.29, 0.717) is 30.5 Å². The summed E-state index contributed by atoms with van der Waals surface area (Å²) < 4.78 is 1.09. The molecule has 0 saturated carbocycles. The minimum atomic E-state index is -0.0279. The fraction of sp³-hybridized carbons (Fsp3) is 0.333. The third-order valence-corrected chi connectivity index (χ3v) is 4.65. The molecule has 130 valence electrons. The van der Waals surface area contributed by atoms with Crippen LogP contribution in [0.5, 0.6) is 0 Å². The zero-order chi connectivity index (χ0) is 17.8. The smallest absolute Gasteiger partial charge is 0.226 e. The Morgan fingerprint density at radius 1 is 1.12 bits per heavy atom. The van der Waals surface area contributed by atoms with Gasteiger partial charge in [0.15, 0.2) is 5.13 Å². The fourth-order valence-electron chi connectivity index (χ4n) is 2.58. The molecule has 7 heteroatoms. The molecule has 2 N–H and O–H groups in total. The standard InChI is InChI=1S/C18H21N5OS/c1-11-6-4-7-14-16(11)23-18(25-14)22-15(24)8-5-9-19-17-20-12(2)10-13(3)21-17/h4,6-7,10H,5,8-9H2,1-3H3,(H,19,20,21)(H,22,23,24). The highest BCUT2D eigenvalue weighted by molar-refractivity contribution is 7.22. The monoisotopic (exact) mass is 355 g/mol. The van der Waals surface area contributed by atoms with Gasteiger partial charge in [-0.25, -0.2) is 15.0 Å². The van der Waals surface area contributed by atoms with E-state index in [4.69, 9.17) is 0 Å². The lowest BCUT2D eigenvalue weighted by Gasteiger charge is -2.06. The number of hydrogen-bond donors (Lipinski definition) is 2. The Balaban J connectivity index is 1.48. The van der Waals surface area contributed by atoms with Crippen molar-refractivity contribution in [1.29, 1.82) is 0 Å². The second-order valence-electron chi connectivity index (χ2n) is 5.99. The van der Waals surface area contributed by atoms with Gasteiger partial charge in [-0.2, -0.15) is 0 Å². The Morgan fingerprint density at radius 3 is 2.60 bits per heavy atom. The number of thiazole rings is 1. The number of carbonyl (C=O) groups excluding carboxylic acids is 1. The molecule has 0 aliphatic heterocycles. The van der Waals surface area contributed by atoms with Crippen molar-refractivity contribution in [2.24, 2.45) is 0 Å². The molecule has 0 aliphatic carbocycles. The average molecular weight is 355 g/mol. The molecule has 0 spiro atoms. The number of carbonyl (C=O) groups is 1. The highest BCUT2D eigenvalue weighted by Gasteiger charge is 2.09. The number of para-hydroxylation sites is 1. The van der Waals surface area contributed by atoms with Crippen LogP contribution in [0.15, 0.2) is 24.3 Å². The second-order valence-corrected chi connectivity index (χ2v) is 7.02. The van der Waals surface area contributed by atoms with Crippen molar-refractivity contribution in [3.63, 3.8) is 0 Å². The summed E-state index contributed by atoms with van der Waals surface area (Å²) in [6.45, 7) is 6.55. The summed E-state index contributed by atoms with van der Waals surface area (Å²) in [4.78, 5) is 25.2. The number of nitrogens with zero attached hydrogens (tertiary/aromatic N) is 3. The van der Waals surface area contributed by atoms with Crippen LogP contribution < -0.4 is 10.6 Å². The Bertz CT molecular complexity index is 885. The van der Waals surface area contributed by atoms with E-state index in [2.05, 4.69) is 25.6 Å². The van der Waals surface area contributed by atoms with Gasteiger partial charge in [-0.1, -0.05) is 23.5 Å². The highest BCUT2D eigenvalue weighted by Crippen LogP contribution is 2.27. The van der Waals surface area contributed by atoms with Gasteiger partial charge in [0.2, 0.25) is 11.9 Å². The van der Waals surface area contributed by atoms with Gasteiger partial charge in [-0.15, -0.1) is 0 Å². The molecule has 0 radical (unpaired) electrons. The van der Waals surface area contributed by atoms with E-state index in [-0.39, 0.29) is 5.91 Å². The number of rotatable bonds is 6. The summed E-state index contributed by atoms with van der Waals surface area (Å²) in [5.41, 5.74) is 3.93. The van der Waals surface area contributed by atoms with Crippen LogP contribution in [-0.4, -0.2) is 27.4 Å². The van der Waals surface area contributed by atoms with Gasteiger partial charge in [0.25, 0.3) is 0 Å². The van der Waals surface area contributed by atoms with Crippen LogP contribution in [-0.2, 0) is 4.79 Å². The molecular weight excluding hydrogens is 334 g/mol. The molecular formula is C18H21N5OS. The molecule has 25 heavy (non-hydrogen) atoms. The minimum absolute atomic E-state index is 0.0279. The van der Waals surface area contributed by atoms with E-state index < -0.39 is 0 Å². The minimum Gasteiger partial charge on any atom is -0.354 e. The van der Waals surface area contributed by atoms with E-state index >= 15 is 0 Å². The molecule has 0 unspecified atom stereocenters. The molecule has 1 amide bonds. The van der Waals surface area contributed by atoms with E-state index in [1.807, 2.05) is 45.0 Å². The lowest BCUT2D eigenvalue weighted by Crippen LogP contribution is -2.14. The van der Waals surface area contributed by atoms with Crippen molar-refractivity contribution in [3.05, 3.63) is 41.2 Å². The van der Waals surface area contributed by atoms with Crippen LogP contribution >= 0.6 is 11.3 Å². The maximum absolute atomic E-state index is 12.1. The molecule has 3 rings (SSSR count). The molecule has 0 atom stereocenters. The van der Waals surface area contributed by atoms with Gasteiger partial charge in [0.05, 0.1) is 10.2 Å². The molecule has 1 aromatic carbocycles. The third kappa shape index (κ3) is 4.51. The van der Waals surface area contributed by atoms with Gasteiger partial charge in [0, 0.05) is 24.4 Å². The van der Waals surface area contributed by atoms with Gasteiger partial charge in [0.1, 0.15) is 0 Å². The summed E-state index contributed by atoms with van der Waals surface area (Å²) in [6.07, 6.45) is 1.12. The fourth-order valence-corrected chi connectivity index (χ4v) is 3.54. The zero-order valence-corrected chi connectivity index (χ0v) is 15.4. The largest absolute Gasteiger partial charge is 0.354 e. The van der Waals surface area contributed by atoms with Crippen LogP contribution in [0.25, 0.3) is 10.2 Å². The number of anilines is 2. The van der Waals surface area contributed by atoms with Crippen molar-refractivity contribution in [2.75, 3.05) is 17.2 Å². The number of benzene rings is 1. The molecule has 6 nitrogen and oxygen atoms in total. The van der Waals surface area contributed by atoms with Crippen molar-refractivity contribution in [1.82, 2.24) is 15.0 Å². The predicted molar refractivity (Wildman–Crippen MR) is 102 cm³/mol. The number of fused-ring (bicyclic) bond motifs is 1. The zero-order valence-electron chi connectivity index (χ0n) is 14.6. The van der Waals surface area contributed by atoms with E-state index in [1.54, 1.807) is 0 Å². The molecule has 3 aromatic rings. The van der Waals surface area contributed by atoms with Crippen LogP contribution in [0.2, 0.25) is 0 Å². The number of aromatic nitrogens is 3. The summed E-state index contributed by atoms with van der Waals surface area (Å²) in [5.74, 6) is 0.583. The van der Waals surface area contributed by atoms with Gasteiger partial charge >= 0.3 is 0 Å². The first-order chi connectivity index (χ1) is 12.0. The first-order valence-electron chi connectivity index (χ1n) is 8.23. The number of nitrogens with one attached hydrogen (secondary N) is 2. The van der Waals surface area contributed by atoms with Crippen molar-refractivity contribution < 1.29 is 4.79 Å². The summed E-state index contributed by atoms with van der Waals surface area (Å²) in [5, 5.41) is 6.70. The Labute approximate surface area is 150 Å². The van der Waals surface area contributed by atoms with Crippen LogP contribution in [0.1, 0.15) is 29.8 Å². The van der Waals surface area contributed by atoms with E-state index in [1.165, 1.54) is 11.3 Å². The molecule has 0 aliphatic rings. The van der Waals surface area contributed by atoms with Crippen molar-refractivity contribution in [3.8, 4) is 0 Å². The molecule has 0 saturated heterocycles. The first-order valence-corrected chi connectivity index (χ1v) is 9.05. The number of amides is 1. The van der Waals surface area contributed by atoms with Crippen molar-refractivity contribution in [2.45, 2.75) is 33.6 Å². The summed E-state index contributed by atoms with van der Waals surface area (Å²) in [7, 11) is 0. The van der Waals surface area contributed by atoms with Gasteiger partial charge < -0.3 is 10.6 Å². The normalized spacial score (nSPS) is 10.8. The number of hydrogen-bond acceptors (Lipinski definition) is 6. The maximum Gasteiger partial charge on any atom is 0.226 e. The maximum atomic E-state index is 12.1. The van der Waals surface area contributed by atoms with E-state index in [9.17, 15) is 4.79 Å². The van der Waals surface area contributed by atoms with E-state index in [0.717, 1.165) is 27.2 Å². The average Bonchev–Trinajstić information content (AvgIpc) is 2.94. The highest BCUT2D eigenvalue weighted by atomic mass is 32.1. The van der Waals surface area contributed by atoms with Crippen LogP contribution in [0.4, 0.5) is 11.1 Å². The second kappa shape index (κ2) is 7.57. The van der Waals surface area contributed by atoms with Crippen LogP contribution in [0.3, 0.4) is 0 Å². The molecule has 2 heterocycles. The SMILES string of the molecule is Cc1cc(C)nc(NCCCC(=O)Nc2nc3c(C)cccc3s2)n1. The molecule has 0 fully saturated rings. The first kappa shape index (κ1) is 17.3. The lowest BCUT2D eigenvalue weighted by atomic mass is 10.2. The molecule has 0 bridgehead atoms. The molecule has 2 aromatic heterocycles. The quantitative estimate of drug-likeness (QED) is 0.657.